The van der Waals surface area contributed by atoms with Crippen molar-refractivity contribution >= 4 is 23.2 Å². The third-order valence-corrected chi connectivity index (χ3v) is 4.53. The molecule has 0 aliphatic heterocycles. The van der Waals surface area contributed by atoms with Crippen LogP contribution in [0.1, 0.15) is 52.1 Å². The standard InChI is InChI=1S/C18H28N4OS/c1-17(2,3)14-12-15(22(21-14)18(4,5)6)20-16(23)19-10-9-13-8-7-11-24-13/h7-8,11-12H,9-10H2,1-6H3,(H2,19,20,23). The number of carbonyl (C=O) groups is 1. The van der Waals surface area contributed by atoms with E-state index in [0.29, 0.717) is 6.54 Å². The molecular weight excluding hydrogens is 320 g/mol. The third kappa shape index (κ3) is 4.84. The monoisotopic (exact) mass is 348 g/mol. The van der Waals surface area contributed by atoms with E-state index in [-0.39, 0.29) is 17.0 Å². The van der Waals surface area contributed by atoms with Gasteiger partial charge < -0.3 is 5.32 Å². The highest BCUT2D eigenvalue weighted by atomic mass is 32.1. The summed E-state index contributed by atoms with van der Waals surface area (Å²) in [5.74, 6) is 0.723. The largest absolute Gasteiger partial charge is 0.337 e. The van der Waals surface area contributed by atoms with Gasteiger partial charge >= 0.3 is 6.03 Å². The lowest BCUT2D eigenvalue weighted by Gasteiger charge is -2.23. The first-order chi connectivity index (χ1) is 11.1. The highest BCUT2D eigenvalue weighted by Gasteiger charge is 2.25. The Bertz CT molecular complexity index is 675. The van der Waals surface area contributed by atoms with Gasteiger partial charge in [-0.05, 0) is 38.6 Å². The van der Waals surface area contributed by atoms with Crippen molar-refractivity contribution in [2.24, 2.45) is 0 Å². The molecule has 0 bridgehead atoms. The number of hydrogen-bond acceptors (Lipinski definition) is 3. The zero-order valence-corrected chi connectivity index (χ0v) is 16.3. The molecule has 0 spiro atoms. The van der Waals surface area contributed by atoms with Crippen LogP contribution in [0, 0.1) is 0 Å². The fourth-order valence-corrected chi connectivity index (χ4v) is 2.97. The Labute approximate surface area is 148 Å². The van der Waals surface area contributed by atoms with E-state index in [9.17, 15) is 4.79 Å². The number of anilines is 1. The Morgan fingerprint density at radius 1 is 1.25 bits per heavy atom. The number of thiophene rings is 1. The van der Waals surface area contributed by atoms with E-state index in [0.717, 1.165) is 17.9 Å². The van der Waals surface area contributed by atoms with Gasteiger partial charge in [-0.1, -0.05) is 26.8 Å². The van der Waals surface area contributed by atoms with Gasteiger partial charge in [-0.3, -0.25) is 5.32 Å². The summed E-state index contributed by atoms with van der Waals surface area (Å²) in [6, 6.07) is 5.87. The van der Waals surface area contributed by atoms with Crippen LogP contribution in [0.15, 0.2) is 23.6 Å². The van der Waals surface area contributed by atoms with Crippen molar-refractivity contribution in [1.82, 2.24) is 15.1 Å². The number of aromatic nitrogens is 2. The fraction of sp³-hybridized carbons (Fsp3) is 0.556. The van der Waals surface area contributed by atoms with Crippen molar-refractivity contribution < 1.29 is 4.79 Å². The molecule has 2 heterocycles. The minimum Gasteiger partial charge on any atom is -0.337 e. The molecular formula is C18H28N4OS. The highest BCUT2D eigenvalue weighted by Crippen LogP contribution is 2.28. The number of rotatable bonds is 4. The summed E-state index contributed by atoms with van der Waals surface area (Å²) in [5, 5.41) is 12.6. The first-order valence-corrected chi connectivity index (χ1v) is 9.13. The highest BCUT2D eigenvalue weighted by molar-refractivity contribution is 7.09. The lowest BCUT2D eigenvalue weighted by atomic mass is 9.92. The maximum absolute atomic E-state index is 12.2. The van der Waals surface area contributed by atoms with Gasteiger partial charge in [-0.25, -0.2) is 9.48 Å². The molecule has 2 rings (SSSR count). The molecule has 0 saturated heterocycles. The van der Waals surface area contributed by atoms with E-state index < -0.39 is 0 Å². The SMILES string of the molecule is CC(C)(C)c1cc(NC(=O)NCCc2cccs2)n(C(C)(C)C)n1. The minimum atomic E-state index is -0.205. The maximum Gasteiger partial charge on any atom is 0.320 e. The van der Waals surface area contributed by atoms with Crippen LogP contribution in [0.5, 0.6) is 0 Å². The number of urea groups is 1. The van der Waals surface area contributed by atoms with Crippen LogP contribution in [-0.2, 0) is 17.4 Å². The number of nitrogens with zero attached hydrogens (tertiary/aromatic N) is 2. The Balaban J connectivity index is 2.04. The van der Waals surface area contributed by atoms with Gasteiger partial charge in [0.25, 0.3) is 0 Å². The normalized spacial score (nSPS) is 12.2. The predicted molar refractivity (Wildman–Crippen MR) is 101 cm³/mol. The van der Waals surface area contributed by atoms with E-state index in [2.05, 4.69) is 58.2 Å². The molecule has 0 fully saturated rings. The minimum absolute atomic E-state index is 0.0669. The Hall–Kier alpha value is -1.82. The molecule has 2 N–H and O–H groups in total. The Morgan fingerprint density at radius 2 is 1.96 bits per heavy atom. The predicted octanol–water partition coefficient (Wildman–Crippen LogP) is 4.36. The van der Waals surface area contributed by atoms with E-state index in [1.54, 1.807) is 11.3 Å². The lowest BCUT2D eigenvalue weighted by molar-refractivity contribution is 0.251. The average Bonchev–Trinajstić information content (AvgIpc) is 3.06. The van der Waals surface area contributed by atoms with Crippen LogP contribution in [0.25, 0.3) is 0 Å². The van der Waals surface area contributed by atoms with Crippen molar-refractivity contribution in [1.29, 1.82) is 0 Å². The van der Waals surface area contributed by atoms with E-state index >= 15 is 0 Å². The van der Waals surface area contributed by atoms with Crippen LogP contribution in [0.2, 0.25) is 0 Å². The summed E-state index contributed by atoms with van der Waals surface area (Å²) >= 11 is 1.70. The molecule has 2 aromatic heterocycles. The van der Waals surface area contributed by atoms with Gasteiger partial charge in [0.1, 0.15) is 5.82 Å². The van der Waals surface area contributed by atoms with Crippen molar-refractivity contribution in [3.8, 4) is 0 Å². The van der Waals surface area contributed by atoms with Crippen molar-refractivity contribution in [2.45, 2.75) is 58.9 Å². The van der Waals surface area contributed by atoms with Gasteiger partial charge in [0.15, 0.2) is 0 Å². The van der Waals surface area contributed by atoms with E-state index in [1.165, 1.54) is 4.88 Å². The molecule has 0 aromatic carbocycles. The van der Waals surface area contributed by atoms with Crippen LogP contribution in [0.3, 0.4) is 0 Å². The Kier molecular flexibility index (Phi) is 5.38. The molecule has 2 amide bonds. The second-order valence-electron chi connectivity index (χ2n) is 7.96. The van der Waals surface area contributed by atoms with Crippen LogP contribution >= 0.6 is 11.3 Å². The second kappa shape index (κ2) is 6.97. The van der Waals surface area contributed by atoms with Crippen molar-refractivity contribution in [2.75, 3.05) is 11.9 Å². The van der Waals surface area contributed by atoms with Crippen LogP contribution in [-0.4, -0.2) is 22.4 Å². The van der Waals surface area contributed by atoms with E-state index in [1.807, 2.05) is 22.2 Å². The number of nitrogens with one attached hydrogen (secondary N) is 2. The zero-order valence-electron chi connectivity index (χ0n) is 15.4. The molecule has 0 aliphatic carbocycles. The van der Waals surface area contributed by atoms with Gasteiger partial charge in [-0.15, -0.1) is 11.3 Å². The van der Waals surface area contributed by atoms with Gasteiger partial charge in [0.05, 0.1) is 11.2 Å². The molecule has 6 heteroatoms. The van der Waals surface area contributed by atoms with Crippen molar-refractivity contribution in [3.63, 3.8) is 0 Å². The molecule has 2 aromatic rings. The first kappa shape index (κ1) is 18.5. The zero-order chi connectivity index (χ0) is 18.0. The van der Waals surface area contributed by atoms with Gasteiger partial charge in [0.2, 0.25) is 0 Å². The average molecular weight is 349 g/mol. The molecule has 5 nitrogen and oxygen atoms in total. The first-order valence-electron chi connectivity index (χ1n) is 8.25. The summed E-state index contributed by atoms with van der Waals surface area (Å²) in [6.07, 6.45) is 0.844. The van der Waals surface area contributed by atoms with Gasteiger partial charge in [0, 0.05) is 22.9 Å². The lowest BCUT2D eigenvalue weighted by Crippen LogP contribution is -2.33. The summed E-state index contributed by atoms with van der Waals surface area (Å²) in [7, 11) is 0. The summed E-state index contributed by atoms with van der Waals surface area (Å²) in [5.41, 5.74) is 0.692. The number of hydrogen-bond donors (Lipinski definition) is 2. The van der Waals surface area contributed by atoms with Crippen LogP contribution in [0.4, 0.5) is 10.6 Å². The van der Waals surface area contributed by atoms with Gasteiger partial charge in [-0.2, -0.15) is 5.10 Å². The van der Waals surface area contributed by atoms with E-state index in [4.69, 9.17) is 5.10 Å². The molecule has 0 saturated carbocycles. The number of carbonyl (C=O) groups excluding carboxylic acids is 1. The summed E-state index contributed by atoms with van der Waals surface area (Å²) < 4.78 is 1.88. The van der Waals surface area contributed by atoms with Crippen LogP contribution < -0.4 is 10.6 Å². The second-order valence-corrected chi connectivity index (χ2v) is 8.99. The molecule has 132 valence electrons. The molecule has 0 aliphatic rings. The fourth-order valence-electron chi connectivity index (χ4n) is 2.26. The quantitative estimate of drug-likeness (QED) is 0.862. The maximum atomic E-state index is 12.2. The number of amides is 2. The topological polar surface area (TPSA) is 59.0 Å². The summed E-state index contributed by atoms with van der Waals surface area (Å²) in [6.45, 7) is 13.2. The summed E-state index contributed by atoms with van der Waals surface area (Å²) in [4.78, 5) is 13.5. The third-order valence-electron chi connectivity index (χ3n) is 3.59. The molecule has 24 heavy (non-hydrogen) atoms. The smallest absolute Gasteiger partial charge is 0.320 e. The Morgan fingerprint density at radius 3 is 2.50 bits per heavy atom. The molecule has 0 unspecified atom stereocenters. The molecule has 0 radical (unpaired) electrons. The molecule has 0 atom stereocenters. The van der Waals surface area contributed by atoms with Crippen molar-refractivity contribution in [3.05, 3.63) is 34.2 Å².